The summed E-state index contributed by atoms with van der Waals surface area (Å²) in [5.74, 6) is -1.12. The molecule has 21 heavy (non-hydrogen) atoms. The summed E-state index contributed by atoms with van der Waals surface area (Å²) in [6.07, 6.45) is 0.444. The third-order valence-electron chi connectivity index (χ3n) is 3.15. The molecule has 2 rings (SSSR count). The minimum absolute atomic E-state index is 0.0251. The average molecular weight is 332 g/mol. The number of sulfonamides is 1. The molecule has 1 aromatic rings. The Labute approximate surface area is 123 Å². The minimum Gasteiger partial charge on any atom is -0.399 e. The number of nitrogens with zero attached hydrogens (tertiary/aromatic N) is 1. The SMILES string of the molecule is CCCS(=O)(=O)CCN1C(=O)c2ccc(N)cc2S1(=O)=O. The summed E-state index contributed by atoms with van der Waals surface area (Å²) >= 11 is 0. The minimum atomic E-state index is -4.02. The highest BCUT2D eigenvalue weighted by Gasteiger charge is 2.41. The van der Waals surface area contributed by atoms with Gasteiger partial charge in [-0.1, -0.05) is 6.92 Å². The third kappa shape index (κ3) is 2.88. The van der Waals surface area contributed by atoms with Crippen molar-refractivity contribution in [3.8, 4) is 0 Å². The Balaban J connectivity index is 2.30. The van der Waals surface area contributed by atoms with E-state index < -0.39 is 25.8 Å². The van der Waals surface area contributed by atoms with Gasteiger partial charge in [0.25, 0.3) is 15.9 Å². The fraction of sp³-hybridized carbons (Fsp3) is 0.417. The second-order valence-corrected chi connectivity index (χ2v) is 8.92. The molecule has 1 aliphatic heterocycles. The summed E-state index contributed by atoms with van der Waals surface area (Å²) < 4.78 is 48.5. The molecule has 0 unspecified atom stereocenters. The number of hydrogen-bond donors (Lipinski definition) is 1. The molecule has 0 spiro atoms. The molecule has 0 saturated heterocycles. The maximum atomic E-state index is 12.3. The van der Waals surface area contributed by atoms with Crippen LogP contribution in [0.4, 0.5) is 5.69 Å². The topological polar surface area (TPSA) is 115 Å². The molecule has 0 radical (unpaired) electrons. The summed E-state index contributed by atoms with van der Waals surface area (Å²) in [7, 11) is -7.39. The lowest BCUT2D eigenvalue weighted by Crippen LogP contribution is -2.34. The van der Waals surface area contributed by atoms with Gasteiger partial charge in [-0.2, -0.15) is 0 Å². The molecule has 0 bridgehead atoms. The fourth-order valence-corrected chi connectivity index (χ4v) is 5.15. The molecule has 0 saturated carbocycles. The average Bonchev–Trinajstić information content (AvgIpc) is 2.55. The van der Waals surface area contributed by atoms with Crippen LogP contribution in [0, 0.1) is 0 Å². The van der Waals surface area contributed by atoms with Crippen LogP contribution in [0.3, 0.4) is 0 Å². The van der Waals surface area contributed by atoms with Gasteiger partial charge >= 0.3 is 0 Å². The molecule has 1 aliphatic rings. The summed E-state index contributed by atoms with van der Waals surface area (Å²) in [5, 5.41) is 0. The number of carbonyl (C=O) groups excluding carboxylic acids is 1. The lowest BCUT2D eigenvalue weighted by molar-refractivity contribution is 0.0876. The van der Waals surface area contributed by atoms with Gasteiger partial charge in [-0.05, 0) is 24.6 Å². The van der Waals surface area contributed by atoms with E-state index in [2.05, 4.69) is 0 Å². The van der Waals surface area contributed by atoms with Crippen molar-refractivity contribution < 1.29 is 21.6 Å². The van der Waals surface area contributed by atoms with E-state index in [1.165, 1.54) is 18.2 Å². The van der Waals surface area contributed by atoms with Crippen LogP contribution < -0.4 is 5.73 Å². The third-order valence-corrected chi connectivity index (χ3v) is 6.81. The number of benzene rings is 1. The van der Waals surface area contributed by atoms with Crippen molar-refractivity contribution >= 4 is 31.5 Å². The fourth-order valence-electron chi connectivity index (χ4n) is 2.15. The molecule has 0 aromatic heterocycles. The largest absolute Gasteiger partial charge is 0.399 e. The molecule has 2 N–H and O–H groups in total. The van der Waals surface area contributed by atoms with Crippen LogP contribution in [-0.2, 0) is 19.9 Å². The summed E-state index contributed by atoms with van der Waals surface area (Å²) in [4.78, 5) is 11.9. The maximum Gasteiger partial charge on any atom is 0.269 e. The summed E-state index contributed by atoms with van der Waals surface area (Å²) in [5.41, 5.74) is 5.79. The highest BCUT2D eigenvalue weighted by molar-refractivity contribution is 7.91. The van der Waals surface area contributed by atoms with E-state index in [9.17, 15) is 21.6 Å². The Bertz CT molecular complexity index is 784. The molecule has 116 valence electrons. The molecular weight excluding hydrogens is 316 g/mol. The number of fused-ring (bicyclic) bond motifs is 1. The molecule has 0 aliphatic carbocycles. The normalized spacial score (nSPS) is 17.0. The molecule has 9 heteroatoms. The van der Waals surface area contributed by atoms with E-state index in [0.717, 1.165) is 0 Å². The standard InChI is InChI=1S/C12H16N2O5S2/c1-2-6-20(16,17)7-5-14-12(15)10-4-3-9(13)8-11(10)21(14,18)19/h3-4,8H,2,5-7,13H2,1H3. The van der Waals surface area contributed by atoms with Gasteiger partial charge < -0.3 is 5.73 Å². The van der Waals surface area contributed by atoms with Gasteiger partial charge in [-0.15, -0.1) is 0 Å². The van der Waals surface area contributed by atoms with Crippen molar-refractivity contribution in [2.45, 2.75) is 18.2 Å². The van der Waals surface area contributed by atoms with Crippen molar-refractivity contribution in [1.82, 2.24) is 4.31 Å². The van der Waals surface area contributed by atoms with Gasteiger partial charge in [-0.3, -0.25) is 4.79 Å². The zero-order valence-electron chi connectivity index (χ0n) is 11.4. The number of hydrogen-bond acceptors (Lipinski definition) is 6. The predicted molar refractivity (Wildman–Crippen MR) is 78.0 cm³/mol. The van der Waals surface area contributed by atoms with Crippen LogP contribution in [0.15, 0.2) is 23.1 Å². The van der Waals surface area contributed by atoms with E-state index >= 15 is 0 Å². The van der Waals surface area contributed by atoms with Crippen LogP contribution in [0.5, 0.6) is 0 Å². The highest BCUT2D eigenvalue weighted by atomic mass is 32.2. The Kier molecular flexibility index (Phi) is 3.98. The first kappa shape index (κ1) is 15.8. The van der Waals surface area contributed by atoms with Gasteiger partial charge in [0.2, 0.25) is 0 Å². The zero-order chi connectivity index (χ0) is 15.8. The van der Waals surface area contributed by atoms with Gasteiger partial charge in [0.1, 0.15) is 4.90 Å². The Morgan fingerprint density at radius 3 is 2.52 bits per heavy atom. The van der Waals surface area contributed by atoms with Crippen LogP contribution in [0.2, 0.25) is 0 Å². The van der Waals surface area contributed by atoms with Gasteiger partial charge in [-0.25, -0.2) is 21.1 Å². The smallest absolute Gasteiger partial charge is 0.269 e. The van der Waals surface area contributed by atoms with E-state index in [4.69, 9.17) is 5.73 Å². The Morgan fingerprint density at radius 1 is 1.24 bits per heavy atom. The number of nitrogen functional groups attached to an aromatic ring is 1. The number of carbonyl (C=O) groups is 1. The number of rotatable bonds is 5. The lowest BCUT2D eigenvalue weighted by Gasteiger charge is -2.14. The van der Waals surface area contributed by atoms with Gasteiger partial charge in [0.15, 0.2) is 9.84 Å². The number of amides is 1. The second-order valence-electron chi connectivity index (χ2n) is 4.79. The Morgan fingerprint density at radius 2 is 1.90 bits per heavy atom. The number of anilines is 1. The molecule has 1 heterocycles. The molecule has 0 fully saturated rings. The van der Waals surface area contributed by atoms with Gasteiger partial charge in [0.05, 0.1) is 17.9 Å². The predicted octanol–water partition coefficient (Wildman–Crippen LogP) is 0.238. The molecule has 0 atom stereocenters. The highest BCUT2D eigenvalue weighted by Crippen LogP contribution is 2.31. The number of sulfone groups is 1. The monoisotopic (exact) mass is 332 g/mol. The quantitative estimate of drug-likeness (QED) is 0.772. The van der Waals surface area contributed by atoms with Crippen LogP contribution in [-0.4, -0.2) is 45.1 Å². The first-order chi connectivity index (χ1) is 9.69. The number of nitrogens with two attached hydrogens (primary N) is 1. The second kappa shape index (κ2) is 5.30. The van der Waals surface area contributed by atoms with Crippen molar-refractivity contribution in [2.24, 2.45) is 0 Å². The molecular formula is C12H16N2O5S2. The summed E-state index contributed by atoms with van der Waals surface area (Å²) in [6, 6.07) is 3.98. The lowest BCUT2D eigenvalue weighted by atomic mass is 10.2. The summed E-state index contributed by atoms with van der Waals surface area (Å²) in [6.45, 7) is 1.34. The van der Waals surface area contributed by atoms with E-state index in [1.54, 1.807) is 6.92 Å². The van der Waals surface area contributed by atoms with Gasteiger partial charge in [0, 0.05) is 11.4 Å². The Hall–Kier alpha value is -1.61. The van der Waals surface area contributed by atoms with Crippen LogP contribution in [0.1, 0.15) is 23.7 Å². The first-order valence-corrected chi connectivity index (χ1v) is 9.62. The maximum absolute atomic E-state index is 12.3. The van der Waals surface area contributed by atoms with Crippen molar-refractivity contribution in [1.29, 1.82) is 0 Å². The van der Waals surface area contributed by atoms with E-state index in [0.29, 0.717) is 10.7 Å². The zero-order valence-corrected chi connectivity index (χ0v) is 13.1. The van der Waals surface area contributed by atoms with E-state index in [1.807, 2.05) is 0 Å². The van der Waals surface area contributed by atoms with E-state index in [-0.39, 0.29) is 34.2 Å². The van der Waals surface area contributed by atoms with Crippen LogP contribution >= 0.6 is 0 Å². The van der Waals surface area contributed by atoms with Crippen molar-refractivity contribution in [2.75, 3.05) is 23.8 Å². The van der Waals surface area contributed by atoms with Crippen molar-refractivity contribution in [3.05, 3.63) is 23.8 Å². The molecule has 1 amide bonds. The molecule has 7 nitrogen and oxygen atoms in total. The first-order valence-electron chi connectivity index (χ1n) is 6.36. The van der Waals surface area contributed by atoms with Crippen molar-refractivity contribution in [3.63, 3.8) is 0 Å². The van der Waals surface area contributed by atoms with Crippen LogP contribution in [0.25, 0.3) is 0 Å². The molecule has 1 aromatic carbocycles.